The summed E-state index contributed by atoms with van der Waals surface area (Å²) in [6.45, 7) is 4.72. The van der Waals surface area contributed by atoms with Gasteiger partial charge in [-0.25, -0.2) is 8.42 Å². The van der Waals surface area contributed by atoms with Crippen molar-refractivity contribution in [2.24, 2.45) is 0 Å². The molecular weight excluding hydrogens is 694 g/mol. The van der Waals surface area contributed by atoms with Gasteiger partial charge in [0.1, 0.15) is 24.1 Å². The number of benzene rings is 4. The number of carbonyl (C=O) groups is 2. The fourth-order valence-electron chi connectivity index (χ4n) is 5.43. The number of methoxy groups -OCH3 is 4. The molecule has 1 N–H and O–H groups in total. The van der Waals surface area contributed by atoms with Crippen LogP contribution in [-0.4, -0.2) is 71.7 Å². The summed E-state index contributed by atoms with van der Waals surface area (Å²) in [5.41, 5.74) is 0.772. The van der Waals surface area contributed by atoms with Gasteiger partial charge in [0, 0.05) is 35.7 Å². The normalized spacial score (nSPS) is 12.0. The lowest BCUT2D eigenvalue weighted by Gasteiger charge is -2.35. The first kappa shape index (κ1) is 38.9. The molecule has 0 heterocycles. The van der Waals surface area contributed by atoms with Crippen LogP contribution in [0.4, 0.5) is 5.69 Å². The monoisotopic (exact) mass is 737 g/mol. The Hall–Kier alpha value is -4.94. The molecule has 0 fully saturated rings. The van der Waals surface area contributed by atoms with Crippen molar-refractivity contribution in [2.45, 2.75) is 50.2 Å². The number of hydrogen-bond donors (Lipinski definition) is 1. The minimum Gasteiger partial charge on any atom is -0.497 e. The van der Waals surface area contributed by atoms with Crippen molar-refractivity contribution in [3.63, 3.8) is 0 Å². The molecule has 13 heteroatoms. The fraction of sp³-hybridized carbons (Fsp3) is 0.316. The summed E-state index contributed by atoms with van der Waals surface area (Å²) in [5, 5.41) is 3.40. The molecule has 0 unspecified atom stereocenters. The Morgan fingerprint density at radius 3 is 2.02 bits per heavy atom. The first-order valence-electron chi connectivity index (χ1n) is 16.1. The van der Waals surface area contributed by atoms with Gasteiger partial charge in [-0.3, -0.25) is 13.9 Å². The van der Waals surface area contributed by atoms with Crippen molar-refractivity contribution in [1.29, 1.82) is 0 Å². The van der Waals surface area contributed by atoms with Gasteiger partial charge in [0.15, 0.2) is 11.5 Å². The SMILES string of the molecule is COc1ccc(OC)c(N(CC(=O)N(Cc2ccccc2Cl)[C@H](Cc2ccccc2)C(=O)NC(C)(C)C)S(=O)(=O)c2ccc(OC)c(OC)c2)c1. The van der Waals surface area contributed by atoms with E-state index in [0.29, 0.717) is 22.1 Å². The average Bonchev–Trinajstić information content (AvgIpc) is 3.11. The molecule has 0 aromatic heterocycles. The lowest BCUT2D eigenvalue weighted by molar-refractivity contribution is -0.140. The summed E-state index contributed by atoms with van der Waals surface area (Å²) in [7, 11) is 1.14. The van der Waals surface area contributed by atoms with Crippen molar-refractivity contribution < 1.29 is 37.0 Å². The quantitative estimate of drug-likeness (QED) is 0.155. The highest BCUT2D eigenvalue weighted by Gasteiger charge is 2.37. The van der Waals surface area contributed by atoms with Crippen molar-refractivity contribution in [1.82, 2.24) is 10.2 Å². The third kappa shape index (κ3) is 9.65. The molecule has 0 aliphatic heterocycles. The van der Waals surface area contributed by atoms with Crippen LogP contribution in [0, 0.1) is 0 Å². The molecule has 4 aromatic carbocycles. The van der Waals surface area contributed by atoms with Gasteiger partial charge >= 0.3 is 0 Å². The van der Waals surface area contributed by atoms with E-state index in [1.165, 1.54) is 57.6 Å². The molecular formula is C38H44ClN3O8S. The van der Waals surface area contributed by atoms with Crippen LogP contribution in [0.5, 0.6) is 23.0 Å². The van der Waals surface area contributed by atoms with Gasteiger partial charge in [-0.15, -0.1) is 0 Å². The Morgan fingerprint density at radius 2 is 1.41 bits per heavy atom. The molecule has 0 radical (unpaired) electrons. The predicted molar refractivity (Wildman–Crippen MR) is 197 cm³/mol. The summed E-state index contributed by atoms with van der Waals surface area (Å²) >= 11 is 6.61. The number of carbonyl (C=O) groups excluding carboxylic acids is 2. The van der Waals surface area contributed by atoms with E-state index in [-0.39, 0.29) is 35.0 Å². The van der Waals surface area contributed by atoms with Gasteiger partial charge in [0.2, 0.25) is 11.8 Å². The number of rotatable bonds is 15. The van der Waals surface area contributed by atoms with E-state index in [1.807, 2.05) is 51.1 Å². The standard InChI is InChI=1S/C38H44ClN3O8S/c1-38(2,3)40-37(44)32(21-26-13-9-8-10-14-26)41(24-27-15-11-12-16-30(27)39)36(43)25-42(31-22-28(47-4)17-19-33(31)48-5)51(45,46)29-18-20-34(49-6)35(23-29)50-7/h8-20,22-23,32H,21,24-25H2,1-7H3,(H,40,44)/t32-/m1/s1. The van der Waals surface area contributed by atoms with Crippen LogP contribution in [0.25, 0.3) is 0 Å². The molecule has 272 valence electrons. The second-order valence-electron chi connectivity index (χ2n) is 12.6. The highest BCUT2D eigenvalue weighted by molar-refractivity contribution is 7.92. The zero-order chi connectivity index (χ0) is 37.3. The average molecular weight is 738 g/mol. The van der Waals surface area contributed by atoms with E-state index in [2.05, 4.69) is 5.32 Å². The fourth-order valence-corrected chi connectivity index (χ4v) is 7.05. The lowest BCUT2D eigenvalue weighted by atomic mass is 10.0. The predicted octanol–water partition coefficient (Wildman–Crippen LogP) is 6.12. The first-order valence-corrected chi connectivity index (χ1v) is 17.9. The van der Waals surface area contributed by atoms with Crippen molar-refractivity contribution in [2.75, 3.05) is 39.3 Å². The van der Waals surface area contributed by atoms with Gasteiger partial charge in [0.05, 0.1) is 39.0 Å². The van der Waals surface area contributed by atoms with Crippen LogP contribution < -0.4 is 28.6 Å². The van der Waals surface area contributed by atoms with E-state index in [0.717, 1.165) is 9.87 Å². The highest BCUT2D eigenvalue weighted by Crippen LogP contribution is 2.38. The van der Waals surface area contributed by atoms with E-state index in [1.54, 1.807) is 36.4 Å². The zero-order valence-electron chi connectivity index (χ0n) is 29.8. The maximum absolute atomic E-state index is 14.9. The Kier molecular flexibility index (Phi) is 12.8. The minimum absolute atomic E-state index is 0.0384. The molecule has 0 aliphatic carbocycles. The van der Waals surface area contributed by atoms with Gasteiger partial charge in [-0.2, -0.15) is 0 Å². The summed E-state index contributed by atoms with van der Waals surface area (Å²) in [6.07, 6.45) is 0.143. The highest BCUT2D eigenvalue weighted by atomic mass is 35.5. The number of hydrogen-bond acceptors (Lipinski definition) is 8. The molecule has 0 aliphatic rings. The van der Waals surface area contributed by atoms with E-state index >= 15 is 0 Å². The maximum atomic E-state index is 14.9. The van der Waals surface area contributed by atoms with E-state index < -0.39 is 40.0 Å². The number of nitrogens with zero attached hydrogens (tertiary/aromatic N) is 2. The van der Waals surface area contributed by atoms with Crippen LogP contribution >= 0.6 is 11.6 Å². The zero-order valence-corrected chi connectivity index (χ0v) is 31.4. The van der Waals surface area contributed by atoms with Crippen molar-refractivity contribution >= 4 is 39.1 Å². The summed E-state index contributed by atoms with van der Waals surface area (Å²) in [6, 6.07) is 24.0. The molecule has 0 spiro atoms. The van der Waals surface area contributed by atoms with Crippen molar-refractivity contribution in [3.05, 3.63) is 107 Å². The largest absolute Gasteiger partial charge is 0.497 e. The van der Waals surface area contributed by atoms with Crippen LogP contribution in [-0.2, 0) is 32.6 Å². The molecule has 0 bridgehead atoms. The smallest absolute Gasteiger partial charge is 0.265 e. The Balaban J connectivity index is 1.92. The molecule has 0 saturated carbocycles. The topological polar surface area (TPSA) is 124 Å². The number of sulfonamides is 1. The molecule has 1 atom stereocenters. The van der Waals surface area contributed by atoms with Crippen LogP contribution in [0.1, 0.15) is 31.9 Å². The third-order valence-corrected chi connectivity index (χ3v) is 10.1. The molecule has 4 aromatic rings. The first-order chi connectivity index (χ1) is 24.2. The number of amides is 2. The summed E-state index contributed by atoms with van der Waals surface area (Å²) < 4.78 is 52.1. The molecule has 4 rings (SSSR count). The number of anilines is 1. The van der Waals surface area contributed by atoms with Crippen LogP contribution in [0.2, 0.25) is 5.02 Å². The van der Waals surface area contributed by atoms with E-state index in [9.17, 15) is 18.0 Å². The second-order valence-corrected chi connectivity index (χ2v) is 14.9. The molecule has 0 saturated heterocycles. The molecule has 51 heavy (non-hydrogen) atoms. The number of nitrogens with one attached hydrogen (secondary N) is 1. The van der Waals surface area contributed by atoms with Crippen LogP contribution in [0.3, 0.4) is 0 Å². The third-order valence-electron chi connectivity index (χ3n) is 7.94. The lowest BCUT2D eigenvalue weighted by Crippen LogP contribution is -2.56. The minimum atomic E-state index is -4.52. The Labute approximate surface area is 305 Å². The van der Waals surface area contributed by atoms with Crippen molar-refractivity contribution in [3.8, 4) is 23.0 Å². The second kappa shape index (κ2) is 16.8. The molecule has 2 amide bonds. The van der Waals surface area contributed by atoms with Gasteiger partial charge in [-0.05, 0) is 62.2 Å². The Bertz CT molecular complexity index is 1930. The molecule has 11 nitrogen and oxygen atoms in total. The van der Waals surface area contributed by atoms with Crippen LogP contribution in [0.15, 0.2) is 95.9 Å². The van der Waals surface area contributed by atoms with Gasteiger partial charge < -0.3 is 29.2 Å². The number of halogens is 1. The summed E-state index contributed by atoms with van der Waals surface area (Å²) in [5.74, 6) is -0.113. The van der Waals surface area contributed by atoms with Gasteiger partial charge in [0.25, 0.3) is 10.0 Å². The van der Waals surface area contributed by atoms with E-state index in [4.69, 9.17) is 30.5 Å². The Morgan fingerprint density at radius 1 is 0.784 bits per heavy atom. The summed E-state index contributed by atoms with van der Waals surface area (Å²) in [4.78, 5) is 30.2. The van der Waals surface area contributed by atoms with Gasteiger partial charge in [-0.1, -0.05) is 60.1 Å². The maximum Gasteiger partial charge on any atom is 0.265 e. The number of ether oxygens (including phenoxy) is 4.